The average Bonchev–Trinajstić information content (AvgIpc) is 2.87. The van der Waals surface area contributed by atoms with E-state index in [9.17, 15) is 9.59 Å². The van der Waals surface area contributed by atoms with E-state index in [1.807, 2.05) is 13.0 Å². The zero-order chi connectivity index (χ0) is 13.3. The van der Waals surface area contributed by atoms with Crippen LogP contribution in [-0.2, 0) is 11.3 Å². The third kappa shape index (κ3) is 2.39. The van der Waals surface area contributed by atoms with Crippen LogP contribution in [0.25, 0.3) is 0 Å². The molecule has 1 aromatic rings. The van der Waals surface area contributed by atoms with Gasteiger partial charge >= 0.3 is 5.97 Å². The minimum Gasteiger partial charge on any atom is -0.477 e. The van der Waals surface area contributed by atoms with Crippen molar-refractivity contribution in [3.8, 4) is 0 Å². The lowest BCUT2D eigenvalue weighted by atomic mass is 9.89. The SMILES string of the molecule is CC1(C(N)=O)CCN(Cc2ccsc2C(=O)O)C1. The van der Waals surface area contributed by atoms with Crippen LogP contribution < -0.4 is 5.73 Å². The lowest BCUT2D eigenvalue weighted by Crippen LogP contribution is -2.37. The first-order valence-electron chi connectivity index (χ1n) is 5.74. The molecule has 1 aliphatic rings. The number of carboxylic acids is 1. The maximum Gasteiger partial charge on any atom is 0.346 e. The number of carbonyl (C=O) groups is 2. The maximum atomic E-state index is 11.3. The molecule has 2 rings (SSSR count). The zero-order valence-corrected chi connectivity index (χ0v) is 11.0. The first-order chi connectivity index (χ1) is 8.42. The van der Waals surface area contributed by atoms with Crippen molar-refractivity contribution in [3.05, 3.63) is 21.9 Å². The van der Waals surface area contributed by atoms with Gasteiger partial charge in [-0.25, -0.2) is 4.79 Å². The molecule has 1 unspecified atom stereocenters. The molecule has 1 saturated heterocycles. The van der Waals surface area contributed by atoms with E-state index >= 15 is 0 Å². The summed E-state index contributed by atoms with van der Waals surface area (Å²) in [7, 11) is 0. The first-order valence-corrected chi connectivity index (χ1v) is 6.62. The van der Waals surface area contributed by atoms with Gasteiger partial charge in [0.25, 0.3) is 0 Å². The summed E-state index contributed by atoms with van der Waals surface area (Å²) in [6.07, 6.45) is 0.731. The second kappa shape index (κ2) is 4.70. The first kappa shape index (κ1) is 13.0. The monoisotopic (exact) mass is 268 g/mol. The van der Waals surface area contributed by atoms with Gasteiger partial charge in [-0.3, -0.25) is 9.69 Å². The summed E-state index contributed by atoms with van der Waals surface area (Å²) in [6.45, 7) is 3.79. The second-order valence-electron chi connectivity index (χ2n) is 4.97. The van der Waals surface area contributed by atoms with Crippen LogP contribution in [0.3, 0.4) is 0 Å². The topological polar surface area (TPSA) is 83.6 Å². The van der Waals surface area contributed by atoms with Gasteiger partial charge in [0.15, 0.2) is 0 Å². The fraction of sp³-hybridized carbons (Fsp3) is 0.500. The number of amides is 1. The number of aromatic carboxylic acids is 1. The van der Waals surface area contributed by atoms with Gasteiger partial charge < -0.3 is 10.8 Å². The molecule has 0 radical (unpaired) electrons. The van der Waals surface area contributed by atoms with Crippen LogP contribution in [0.15, 0.2) is 11.4 Å². The predicted octanol–water partition coefficient (Wildman–Crippen LogP) is 1.14. The Bertz CT molecular complexity index is 485. The molecule has 0 spiro atoms. The molecule has 18 heavy (non-hydrogen) atoms. The van der Waals surface area contributed by atoms with E-state index in [-0.39, 0.29) is 5.91 Å². The molecule has 0 aliphatic carbocycles. The number of hydrogen-bond acceptors (Lipinski definition) is 4. The van der Waals surface area contributed by atoms with Crippen molar-refractivity contribution >= 4 is 23.2 Å². The lowest BCUT2D eigenvalue weighted by molar-refractivity contribution is -0.126. The normalized spacial score (nSPS) is 24.3. The molecule has 1 fully saturated rings. The van der Waals surface area contributed by atoms with Crippen molar-refractivity contribution in [2.45, 2.75) is 19.9 Å². The molecule has 2 heterocycles. The van der Waals surface area contributed by atoms with Gasteiger partial charge in [-0.2, -0.15) is 0 Å². The number of carboxylic acid groups (broad SMARTS) is 1. The molecule has 98 valence electrons. The van der Waals surface area contributed by atoms with Gasteiger partial charge in [0.2, 0.25) is 5.91 Å². The highest BCUT2D eigenvalue weighted by atomic mass is 32.1. The highest BCUT2D eigenvalue weighted by Crippen LogP contribution is 2.31. The summed E-state index contributed by atoms with van der Waals surface area (Å²) in [5.74, 6) is -1.18. The number of carbonyl (C=O) groups excluding carboxylic acids is 1. The number of likely N-dealkylation sites (tertiary alicyclic amines) is 1. The quantitative estimate of drug-likeness (QED) is 0.857. The number of nitrogens with zero attached hydrogens (tertiary/aromatic N) is 1. The molecular weight excluding hydrogens is 252 g/mol. The molecule has 1 aromatic heterocycles. The fourth-order valence-electron chi connectivity index (χ4n) is 2.28. The summed E-state index contributed by atoms with van der Waals surface area (Å²) in [5.41, 5.74) is 5.71. The van der Waals surface area contributed by atoms with E-state index < -0.39 is 11.4 Å². The van der Waals surface area contributed by atoms with Gasteiger partial charge in [-0.05, 0) is 36.9 Å². The number of primary amides is 1. The van der Waals surface area contributed by atoms with Crippen LogP contribution in [0.4, 0.5) is 0 Å². The van der Waals surface area contributed by atoms with E-state index in [4.69, 9.17) is 10.8 Å². The second-order valence-corrected chi connectivity index (χ2v) is 5.88. The Kier molecular flexibility index (Phi) is 3.41. The van der Waals surface area contributed by atoms with Crippen LogP contribution in [0.5, 0.6) is 0 Å². The van der Waals surface area contributed by atoms with Gasteiger partial charge in [-0.15, -0.1) is 11.3 Å². The van der Waals surface area contributed by atoms with E-state index in [0.29, 0.717) is 18.0 Å². The molecule has 6 heteroatoms. The van der Waals surface area contributed by atoms with Crippen molar-refractivity contribution < 1.29 is 14.7 Å². The Labute approximate surface area is 109 Å². The molecule has 0 saturated carbocycles. The van der Waals surface area contributed by atoms with Crippen molar-refractivity contribution in [3.63, 3.8) is 0 Å². The van der Waals surface area contributed by atoms with E-state index in [2.05, 4.69) is 4.90 Å². The number of thiophene rings is 1. The smallest absolute Gasteiger partial charge is 0.346 e. The average molecular weight is 268 g/mol. The third-order valence-electron chi connectivity index (χ3n) is 3.48. The van der Waals surface area contributed by atoms with Gasteiger partial charge in [0, 0.05) is 13.1 Å². The number of rotatable bonds is 4. The van der Waals surface area contributed by atoms with Crippen molar-refractivity contribution in [2.24, 2.45) is 11.1 Å². The standard InChI is InChI=1S/C12H16N2O3S/c1-12(11(13)17)3-4-14(7-12)6-8-2-5-18-9(8)10(15)16/h2,5H,3-4,6-7H2,1H3,(H2,13,17)(H,15,16). The molecule has 1 aliphatic heterocycles. The van der Waals surface area contributed by atoms with Crippen LogP contribution >= 0.6 is 11.3 Å². The number of hydrogen-bond donors (Lipinski definition) is 2. The molecule has 3 N–H and O–H groups in total. The van der Waals surface area contributed by atoms with E-state index in [0.717, 1.165) is 18.5 Å². The Hall–Kier alpha value is -1.40. The summed E-state index contributed by atoms with van der Waals surface area (Å²) in [5, 5.41) is 10.8. The summed E-state index contributed by atoms with van der Waals surface area (Å²) >= 11 is 1.23. The Balaban J connectivity index is 2.06. The van der Waals surface area contributed by atoms with Crippen LogP contribution in [0.1, 0.15) is 28.6 Å². The predicted molar refractivity (Wildman–Crippen MR) is 68.5 cm³/mol. The Morgan fingerprint density at radius 1 is 1.61 bits per heavy atom. The summed E-state index contributed by atoms with van der Waals surface area (Å²) < 4.78 is 0. The third-order valence-corrected chi connectivity index (χ3v) is 4.43. The van der Waals surface area contributed by atoms with E-state index in [1.54, 1.807) is 5.38 Å². The molecular formula is C12H16N2O3S. The minimum absolute atomic E-state index is 0.284. The van der Waals surface area contributed by atoms with Crippen LogP contribution in [0.2, 0.25) is 0 Å². The van der Waals surface area contributed by atoms with Crippen LogP contribution in [0, 0.1) is 5.41 Å². The minimum atomic E-state index is -0.892. The van der Waals surface area contributed by atoms with Crippen molar-refractivity contribution in [2.75, 3.05) is 13.1 Å². The maximum absolute atomic E-state index is 11.3. The van der Waals surface area contributed by atoms with E-state index in [1.165, 1.54) is 11.3 Å². The highest BCUT2D eigenvalue weighted by Gasteiger charge is 2.38. The summed E-state index contributed by atoms with van der Waals surface area (Å²) in [6, 6.07) is 1.83. The molecule has 1 atom stereocenters. The zero-order valence-electron chi connectivity index (χ0n) is 10.2. The largest absolute Gasteiger partial charge is 0.477 e. The van der Waals surface area contributed by atoms with Gasteiger partial charge in [0.1, 0.15) is 4.88 Å². The lowest BCUT2D eigenvalue weighted by Gasteiger charge is -2.20. The highest BCUT2D eigenvalue weighted by molar-refractivity contribution is 7.12. The van der Waals surface area contributed by atoms with Crippen molar-refractivity contribution in [1.82, 2.24) is 4.90 Å². The van der Waals surface area contributed by atoms with Gasteiger partial charge in [0.05, 0.1) is 5.41 Å². The Morgan fingerprint density at radius 3 is 2.89 bits per heavy atom. The molecule has 5 nitrogen and oxygen atoms in total. The molecule has 1 amide bonds. The van der Waals surface area contributed by atoms with Gasteiger partial charge in [-0.1, -0.05) is 0 Å². The van der Waals surface area contributed by atoms with Crippen molar-refractivity contribution in [1.29, 1.82) is 0 Å². The van der Waals surface area contributed by atoms with Crippen LogP contribution in [-0.4, -0.2) is 35.0 Å². The molecule has 0 aromatic carbocycles. The molecule has 0 bridgehead atoms. The number of nitrogens with two attached hydrogens (primary N) is 1. The Morgan fingerprint density at radius 2 is 2.33 bits per heavy atom. The fourth-order valence-corrected chi connectivity index (χ4v) is 3.03. The summed E-state index contributed by atoms with van der Waals surface area (Å²) in [4.78, 5) is 24.8.